The Labute approximate surface area is 108 Å². The van der Waals surface area contributed by atoms with Gasteiger partial charge in [0.05, 0.1) is 0 Å². The average molecular weight is 264 g/mol. The van der Waals surface area contributed by atoms with Gasteiger partial charge in [-0.1, -0.05) is 12.1 Å². The number of imidazole rings is 1. The Hall–Kier alpha value is -1.53. The average Bonchev–Trinajstić information content (AvgIpc) is 2.64. The summed E-state index contributed by atoms with van der Waals surface area (Å²) in [5, 5.41) is 10.8. The van der Waals surface area contributed by atoms with Crippen LogP contribution < -0.4 is 10.3 Å². The van der Waals surface area contributed by atoms with Crippen molar-refractivity contribution < 1.29 is 14.5 Å². The summed E-state index contributed by atoms with van der Waals surface area (Å²) in [4.78, 5) is 11.2. The van der Waals surface area contributed by atoms with Gasteiger partial charge in [-0.3, -0.25) is 4.79 Å². The van der Waals surface area contributed by atoms with Crippen molar-refractivity contribution in [1.29, 1.82) is 0 Å². The Bertz CT molecular complexity index is 623. The molecule has 0 saturated carbocycles. The largest absolute Gasteiger partial charge is 0.388 e. The highest BCUT2D eigenvalue weighted by molar-refractivity contribution is 7.99. The second-order valence-corrected chi connectivity index (χ2v) is 5.39. The number of aliphatic hydroxyl groups is 1. The molecule has 6 heteroatoms. The molecule has 1 aliphatic rings. The number of nitrogens with zero attached hydrogens (tertiary/aromatic N) is 2. The van der Waals surface area contributed by atoms with Crippen LogP contribution in [0.2, 0.25) is 0 Å². The van der Waals surface area contributed by atoms with E-state index in [0.717, 1.165) is 16.2 Å². The molecule has 94 valence electrons. The molecule has 3 N–H and O–H groups in total. The molecule has 1 aromatic carbocycles. The molecule has 0 saturated heterocycles. The lowest BCUT2D eigenvalue weighted by Gasteiger charge is -2.14. The predicted octanol–water partition coefficient (Wildman–Crippen LogP) is -0.119. The van der Waals surface area contributed by atoms with E-state index in [9.17, 15) is 9.90 Å². The fourth-order valence-electron chi connectivity index (χ4n) is 2.35. The van der Waals surface area contributed by atoms with Crippen LogP contribution in [0.25, 0.3) is 11.0 Å². The lowest BCUT2D eigenvalue weighted by Crippen LogP contribution is -2.46. The minimum Gasteiger partial charge on any atom is -0.388 e. The highest BCUT2D eigenvalue weighted by Gasteiger charge is 2.31. The summed E-state index contributed by atoms with van der Waals surface area (Å²) in [5.41, 5.74) is 7.31. The van der Waals surface area contributed by atoms with E-state index in [1.807, 2.05) is 28.8 Å². The quantitative estimate of drug-likeness (QED) is 0.743. The maximum atomic E-state index is 11.2. The third-order valence-corrected chi connectivity index (χ3v) is 4.29. The molecule has 0 radical (unpaired) electrons. The van der Waals surface area contributed by atoms with Crippen molar-refractivity contribution in [3.05, 3.63) is 24.3 Å². The van der Waals surface area contributed by atoms with Crippen molar-refractivity contribution in [2.45, 2.75) is 24.3 Å². The molecule has 1 aliphatic heterocycles. The Morgan fingerprint density at radius 1 is 1.56 bits per heavy atom. The van der Waals surface area contributed by atoms with Gasteiger partial charge in [-0.2, -0.15) is 0 Å². The van der Waals surface area contributed by atoms with Crippen LogP contribution in [0, 0.1) is 0 Å². The molecule has 0 unspecified atom stereocenters. The molecule has 0 aliphatic carbocycles. The zero-order valence-corrected chi connectivity index (χ0v) is 10.6. The van der Waals surface area contributed by atoms with Crippen LogP contribution in [0.3, 0.4) is 0 Å². The summed E-state index contributed by atoms with van der Waals surface area (Å²) in [7, 11) is 0. The van der Waals surface area contributed by atoms with Crippen LogP contribution in [0.1, 0.15) is 0 Å². The number of benzene rings is 1. The number of rotatable bonds is 2. The molecule has 3 rings (SSSR count). The van der Waals surface area contributed by atoms with E-state index in [1.54, 1.807) is 11.8 Å². The van der Waals surface area contributed by atoms with Gasteiger partial charge >= 0.3 is 5.16 Å². The van der Waals surface area contributed by atoms with Gasteiger partial charge < -0.3 is 10.8 Å². The van der Waals surface area contributed by atoms with Gasteiger partial charge in [0.15, 0.2) is 17.6 Å². The number of fused-ring (bicyclic) bond motifs is 3. The third-order valence-electron chi connectivity index (χ3n) is 3.04. The van der Waals surface area contributed by atoms with Gasteiger partial charge in [-0.25, -0.2) is 9.13 Å². The Balaban J connectivity index is 2.24. The molecule has 5 nitrogen and oxygen atoms in total. The van der Waals surface area contributed by atoms with Crippen molar-refractivity contribution >= 4 is 28.7 Å². The van der Waals surface area contributed by atoms with E-state index in [0.29, 0.717) is 12.3 Å². The van der Waals surface area contributed by atoms with Crippen LogP contribution in [0.4, 0.5) is 0 Å². The third kappa shape index (κ3) is 1.77. The Morgan fingerprint density at radius 2 is 2.33 bits per heavy atom. The van der Waals surface area contributed by atoms with Crippen molar-refractivity contribution in [3.63, 3.8) is 0 Å². The number of hydrogen-bond donors (Lipinski definition) is 2. The summed E-state index contributed by atoms with van der Waals surface area (Å²) in [6.07, 6.45) is -0.347. The van der Waals surface area contributed by atoms with Crippen LogP contribution in [-0.4, -0.2) is 27.4 Å². The number of aromatic nitrogens is 2. The standard InChI is InChI=1S/C12H13N3O2S/c13-11(17)6-15-10-4-2-1-3-9(10)14-5-8(16)7-18-12(14)15/h1-4,8,16H,5-7H2,(H-,13,17)/p+1/t8-/m1/s1. The first-order valence-corrected chi connectivity index (χ1v) is 6.75. The lowest BCUT2D eigenvalue weighted by atomic mass is 10.3. The van der Waals surface area contributed by atoms with E-state index >= 15 is 0 Å². The topological polar surface area (TPSA) is 72.1 Å². The number of nitrogens with two attached hydrogens (primary N) is 1. The van der Waals surface area contributed by atoms with Gasteiger partial charge in [-0.15, -0.1) is 0 Å². The van der Waals surface area contributed by atoms with Crippen LogP contribution in [-0.2, 0) is 17.9 Å². The van der Waals surface area contributed by atoms with Crippen LogP contribution in [0.15, 0.2) is 29.4 Å². The Morgan fingerprint density at radius 3 is 3.11 bits per heavy atom. The summed E-state index contributed by atoms with van der Waals surface area (Å²) in [6.45, 7) is 0.737. The molecular weight excluding hydrogens is 250 g/mol. The predicted molar refractivity (Wildman–Crippen MR) is 68.1 cm³/mol. The maximum absolute atomic E-state index is 11.2. The molecule has 1 amide bonds. The maximum Gasteiger partial charge on any atom is 0.319 e. The van der Waals surface area contributed by atoms with E-state index in [1.165, 1.54) is 0 Å². The summed E-state index contributed by atoms with van der Waals surface area (Å²) in [5.74, 6) is 0.292. The number of carbonyl (C=O) groups is 1. The fourth-order valence-corrected chi connectivity index (χ4v) is 3.44. The molecule has 2 aromatic rings. The smallest absolute Gasteiger partial charge is 0.319 e. The van der Waals surface area contributed by atoms with Crippen LogP contribution in [0.5, 0.6) is 0 Å². The monoisotopic (exact) mass is 264 g/mol. The molecular formula is C12H14N3O2S+. The molecule has 0 spiro atoms. The summed E-state index contributed by atoms with van der Waals surface area (Å²) in [6, 6.07) is 7.86. The zero-order valence-electron chi connectivity index (χ0n) is 9.74. The van der Waals surface area contributed by atoms with Gasteiger partial charge in [0.1, 0.15) is 12.6 Å². The minimum atomic E-state index is -0.356. The number of carbonyl (C=O) groups excluding carboxylic acids is 1. The van der Waals surface area contributed by atoms with E-state index in [2.05, 4.69) is 4.57 Å². The number of amides is 1. The van der Waals surface area contributed by atoms with E-state index in [-0.39, 0.29) is 18.6 Å². The molecule has 2 heterocycles. The highest BCUT2D eigenvalue weighted by Crippen LogP contribution is 2.26. The number of primary amides is 1. The van der Waals surface area contributed by atoms with E-state index in [4.69, 9.17) is 5.73 Å². The van der Waals surface area contributed by atoms with Gasteiger partial charge in [0.2, 0.25) is 0 Å². The van der Waals surface area contributed by atoms with Crippen molar-refractivity contribution in [1.82, 2.24) is 4.57 Å². The van der Waals surface area contributed by atoms with Crippen molar-refractivity contribution in [2.75, 3.05) is 5.75 Å². The minimum absolute atomic E-state index is 0.173. The van der Waals surface area contributed by atoms with Gasteiger partial charge in [0, 0.05) is 5.75 Å². The second kappa shape index (κ2) is 4.29. The number of aliphatic hydroxyl groups excluding tert-OH is 1. The molecule has 18 heavy (non-hydrogen) atoms. The highest BCUT2D eigenvalue weighted by atomic mass is 32.2. The number of para-hydroxylation sites is 2. The molecule has 1 atom stereocenters. The number of hydrogen-bond acceptors (Lipinski definition) is 3. The first kappa shape index (κ1) is 11.6. The zero-order chi connectivity index (χ0) is 12.7. The first-order chi connectivity index (χ1) is 8.66. The normalized spacial score (nSPS) is 18.8. The second-order valence-electron chi connectivity index (χ2n) is 4.40. The Kier molecular flexibility index (Phi) is 2.76. The summed E-state index contributed by atoms with van der Waals surface area (Å²) < 4.78 is 3.98. The molecule has 0 bridgehead atoms. The fraction of sp³-hybridized carbons (Fsp3) is 0.333. The number of thioether (sulfide) groups is 1. The lowest BCUT2D eigenvalue weighted by molar-refractivity contribution is -0.717. The van der Waals surface area contributed by atoms with Crippen molar-refractivity contribution in [2.24, 2.45) is 5.73 Å². The van der Waals surface area contributed by atoms with Crippen molar-refractivity contribution in [3.8, 4) is 0 Å². The molecule has 1 aromatic heterocycles. The van der Waals surface area contributed by atoms with E-state index < -0.39 is 0 Å². The first-order valence-electron chi connectivity index (χ1n) is 5.77. The SMILES string of the molecule is NC(=O)Cn1c2[n+](c3ccccc31)C[C@@H](O)CS2. The van der Waals surface area contributed by atoms with Crippen LogP contribution >= 0.6 is 11.8 Å². The van der Waals surface area contributed by atoms with Gasteiger partial charge in [-0.05, 0) is 23.9 Å². The molecule has 0 fully saturated rings. The summed E-state index contributed by atoms with van der Waals surface area (Å²) >= 11 is 1.56. The van der Waals surface area contributed by atoms with Gasteiger partial charge in [0.25, 0.3) is 5.91 Å².